The van der Waals surface area contributed by atoms with Crippen LogP contribution in [0.2, 0.25) is 0 Å². The summed E-state index contributed by atoms with van der Waals surface area (Å²) in [6, 6.07) is 12.8. The molecule has 1 fully saturated rings. The molecule has 1 saturated heterocycles. The van der Waals surface area contributed by atoms with Gasteiger partial charge in [0.1, 0.15) is 12.1 Å². The summed E-state index contributed by atoms with van der Waals surface area (Å²) in [5.41, 5.74) is 3.44. The molecule has 1 unspecified atom stereocenters. The van der Waals surface area contributed by atoms with Crippen molar-refractivity contribution in [2.45, 2.75) is 24.9 Å². The molecule has 3 aromatic rings. The van der Waals surface area contributed by atoms with Crippen LogP contribution in [0.3, 0.4) is 0 Å². The van der Waals surface area contributed by atoms with Gasteiger partial charge in [0.25, 0.3) is 5.91 Å². The van der Waals surface area contributed by atoms with Crippen molar-refractivity contribution in [1.29, 1.82) is 0 Å². The number of fused-ring (bicyclic) bond motifs is 2. The Balaban J connectivity index is 1.32. The third-order valence-corrected chi connectivity index (χ3v) is 5.33. The lowest BCUT2D eigenvalue weighted by atomic mass is 9.96. The fourth-order valence-corrected chi connectivity index (χ4v) is 4.02. The largest absolute Gasteiger partial charge is 0.325 e. The summed E-state index contributed by atoms with van der Waals surface area (Å²) < 4.78 is 1.80. The summed E-state index contributed by atoms with van der Waals surface area (Å²) in [6.45, 7) is 0.153. The van der Waals surface area contributed by atoms with Crippen molar-refractivity contribution in [2.24, 2.45) is 0 Å². The molecule has 1 atom stereocenters. The quantitative estimate of drug-likeness (QED) is 0.601. The Hall–Kier alpha value is -3.68. The molecule has 0 saturated carbocycles. The van der Waals surface area contributed by atoms with Gasteiger partial charge in [0.15, 0.2) is 0 Å². The molecule has 2 heterocycles. The molecule has 5 rings (SSSR count). The highest BCUT2D eigenvalue weighted by atomic mass is 16.2. The predicted octanol–water partition coefficient (Wildman–Crippen LogP) is 1.35. The maximum atomic E-state index is 12.5. The van der Waals surface area contributed by atoms with Crippen molar-refractivity contribution in [2.75, 3.05) is 5.32 Å². The van der Waals surface area contributed by atoms with Gasteiger partial charge >= 0.3 is 6.03 Å². The maximum Gasteiger partial charge on any atom is 0.322 e. The lowest BCUT2D eigenvalue weighted by Crippen LogP contribution is -2.47. The van der Waals surface area contributed by atoms with Crippen LogP contribution in [0, 0.1) is 0 Å². The number of benzene rings is 2. The highest BCUT2D eigenvalue weighted by Gasteiger charge is 2.49. The first-order valence-electron chi connectivity index (χ1n) is 8.98. The minimum Gasteiger partial charge on any atom is -0.325 e. The second-order valence-electron chi connectivity index (χ2n) is 7.24. The van der Waals surface area contributed by atoms with E-state index >= 15 is 0 Å². The Morgan fingerprint density at radius 1 is 1.14 bits per heavy atom. The molecule has 140 valence electrons. The van der Waals surface area contributed by atoms with Gasteiger partial charge in [-0.3, -0.25) is 14.9 Å². The molecule has 1 spiro atoms. The molecule has 1 aromatic heterocycles. The normalized spacial score (nSPS) is 20.3. The number of imide groups is 1. The number of aromatic nitrogens is 2. The van der Waals surface area contributed by atoms with Gasteiger partial charge in [-0.1, -0.05) is 18.2 Å². The standard InChI is InChI=1S/C20H17N5O3/c26-17(10-25-11-21-15-3-1-2-4-16(15)25)22-14-6-5-12-8-20(9-13(12)7-14)18(27)23-19(28)24-20/h1-7,11H,8-10H2,(H,22,26)(H2,23,24,27,28). The van der Waals surface area contributed by atoms with Crippen LogP contribution < -0.4 is 16.0 Å². The first-order valence-corrected chi connectivity index (χ1v) is 8.98. The van der Waals surface area contributed by atoms with Crippen molar-refractivity contribution in [1.82, 2.24) is 20.2 Å². The van der Waals surface area contributed by atoms with Crippen LogP contribution in [-0.4, -0.2) is 32.9 Å². The van der Waals surface area contributed by atoms with Crippen molar-refractivity contribution >= 4 is 34.6 Å². The average Bonchev–Trinajstić information content (AvgIpc) is 3.30. The molecule has 1 aliphatic carbocycles. The van der Waals surface area contributed by atoms with E-state index in [2.05, 4.69) is 20.9 Å². The number of nitrogens with one attached hydrogen (secondary N) is 3. The van der Waals surface area contributed by atoms with Gasteiger partial charge in [0.05, 0.1) is 17.4 Å². The molecular formula is C20H17N5O3. The van der Waals surface area contributed by atoms with Crippen molar-refractivity contribution in [3.8, 4) is 0 Å². The third kappa shape index (κ3) is 2.61. The van der Waals surface area contributed by atoms with Crippen LogP contribution in [-0.2, 0) is 29.0 Å². The molecule has 0 radical (unpaired) electrons. The van der Waals surface area contributed by atoms with Crippen molar-refractivity contribution in [3.63, 3.8) is 0 Å². The van der Waals surface area contributed by atoms with E-state index in [9.17, 15) is 14.4 Å². The molecule has 2 aliphatic rings. The predicted molar refractivity (Wildman–Crippen MR) is 102 cm³/mol. The van der Waals surface area contributed by atoms with Crippen LogP contribution in [0.25, 0.3) is 11.0 Å². The maximum absolute atomic E-state index is 12.5. The zero-order valence-electron chi connectivity index (χ0n) is 14.9. The van der Waals surface area contributed by atoms with E-state index in [1.807, 2.05) is 42.5 Å². The van der Waals surface area contributed by atoms with E-state index in [0.29, 0.717) is 18.5 Å². The Labute approximate surface area is 159 Å². The fraction of sp³-hybridized carbons (Fsp3) is 0.200. The number of rotatable bonds is 3. The highest BCUT2D eigenvalue weighted by Crippen LogP contribution is 2.33. The first-order chi connectivity index (χ1) is 13.5. The number of nitrogens with zero attached hydrogens (tertiary/aromatic N) is 2. The number of urea groups is 1. The van der Waals surface area contributed by atoms with Gasteiger partial charge in [0.2, 0.25) is 5.91 Å². The molecular weight excluding hydrogens is 358 g/mol. The molecule has 8 nitrogen and oxygen atoms in total. The Morgan fingerprint density at radius 3 is 2.79 bits per heavy atom. The van der Waals surface area contributed by atoms with Crippen LogP contribution in [0.15, 0.2) is 48.8 Å². The summed E-state index contributed by atoms with van der Waals surface area (Å²) in [6.07, 6.45) is 2.52. The van der Waals surface area contributed by atoms with Gasteiger partial charge in [-0.15, -0.1) is 0 Å². The second-order valence-corrected chi connectivity index (χ2v) is 7.24. The van der Waals surface area contributed by atoms with E-state index in [-0.39, 0.29) is 18.4 Å². The third-order valence-electron chi connectivity index (χ3n) is 5.33. The monoisotopic (exact) mass is 375 g/mol. The number of imidazole rings is 1. The Morgan fingerprint density at radius 2 is 1.96 bits per heavy atom. The van der Waals surface area contributed by atoms with Crippen molar-refractivity contribution < 1.29 is 14.4 Å². The average molecular weight is 375 g/mol. The molecule has 8 heteroatoms. The lowest BCUT2D eigenvalue weighted by Gasteiger charge is -2.18. The van der Waals surface area contributed by atoms with Gasteiger partial charge in [0, 0.05) is 18.5 Å². The smallest absolute Gasteiger partial charge is 0.322 e. The molecule has 1 aliphatic heterocycles. The molecule has 3 N–H and O–H groups in total. The Kier molecular flexibility index (Phi) is 3.48. The van der Waals surface area contributed by atoms with Gasteiger partial charge in [-0.2, -0.15) is 0 Å². The zero-order valence-corrected chi connectivity index (χ0v) is 14.9. The Bertz CT molecular complexity index is 1150. The molecule has 0 bridgehead atoms. The van der Waals surface area contributed by atoms with Crippen LogP contribution in [0.1, 0.15) is 11.1 Å². The summed E-state index contributed by atoms with van der Waals surface area (Å²) in [7, 11) is 0. The minimum atomic E-state index is -0.905. The first kappa shape index (κ1) is 16.5. The number of amides is 4. The van der Waals surface area contributed by atoms with Crippen LogP contribution in [0.5, 0.6) is 0 Å². The van der Waals surface area contributed by atoms with Gasteiger partial charge in [-0.25, -0.2) is 9.78 Å². The zero-order chi connectivity index (χ0) is 19.3. The van der Waals surface area contributed by atoms with E-state index in [1.54, 1.807) is 10.9 Å². The van der Waals surface area contributed by atoms with Crippen LogP contribution >= 0.6 is 0 Å². The summed E-state index contributed by atoms with van der Waals surface area (Å²) >= 11 is 0. The molecule has 28 heavy (non-hydrogen) atoms. The molecule has 2 aromatic carbocycles. The SMILES string of the molecule is O=C(Cn1cnc2ccccc21)Nc1ccc2c(c1)CC1(C2)NC(=O)NC1=O. The van der Waals surface area contributed by atoms with Gasteiger partial charge in [-0.05, 0) is 35.4 Å². The van der Waals surface area contributed by atoms with E-state index in [1.165, 1.54) is 0 Å². The fourth-order valence-electron chi connectivity index (χ4n) is 4.02. The van der Waals surface area contributed by atoms with Crippen LogP contribution in [0.4, 0.5) is 10.5 Å². The summed E-state index contributed by atoms with van der Waals surface area (Å²) in [5, 5.41) is 7.94. The van der Waals surface area contributed by atoms with E-state index in [0.717, 1.165) is 22.2 Å². The van der Waals surface area contributed by atoms with E-state index in [4.69, 9.17) is 0 Å². The summed E-state index contributed by atoms with van der Waals surface area (Å²) in [5.74, 6) is -0.464. The minimum absolute atomic E-state index is 0.153. The van der Waals surface area contributed by atoms with Gasteiger partial charge < -0.3 is 15.2 Å². The van der Waals surface area contributed by atoms with Crippen molar-refractivity contribution in [3.05, 3.63) is 59.9 Å². The number of hydrogen-bond donors (Lipinski definition) is 3. The molecule has 4 amide bonds. The topological polar surface area (TPSA) is 105 Å². The number of carbonyl (C=O) groups is 3. The second kappa shape index (κ2) is 5.91. The number of hydrogen-bond acceptors (Lipinski definition) is 4. The number of carbonyl (C=O) groups excluding carboxylic acids is 3. The highest BCUT2D eigenvalue weighted by molar-refractivity contribution is 6.08. The van der Waals surface area contributed by atoms with E-state index < -0.39 is 11.6 Å². The number of para-hydroxylation sites is 2. The number of anilines is 1. The summed E-state index contributed by atoms with van der Waals surface area (Å²) in [4.78, 5) is 40.4. The lowest BCUT2D eigenvalue weighted by molar-refractivity contribution is -0.123.